The van der Waals surface area contributed by atoms with Crippen LogP contribution in [0.5, 0.6) is 0 Å². The molecule has 2 N–H and O–H groups in total. The number of nitrogens with zero attached hydrogens (tertiary/aromatic N) is 2. The third-order valence-electron chi connectivity index (χ3n) is 2.96. The molecule has 0 saturated carbocycles. The van der Waals surface area contributed by atoms with Crippen LogP contribution in [0.4, 0.5) is 0 Å². The molecule has 0 bridgehead atoms. The smallest absolute Gasteiger partial charge is 0.218 e. The second kappa shape index (κ2) is 6.61. The number of sulfonamides is 1. The summed E-state index contributed by atoms with van der Waals surface area (Å²) in [6.07, 6.45) is 0. The average Bonchev–Trinajstić information content (AvgIpc) is 2.91. The monoisotopic (exact) mass is 341 g/mol. The van der Waals surface area contributed by atoms with Gasteiger partial charge in [-0.1, -0.05) is 36.5 Å². The molecule has 1 aromatic carbocycles. The van der Waals surface area contributed by atoms with Crippen LogP contribution in [0.1, 0.15) is 16.8 Å². The van der Waals surface area contributed by atoms with Gasteiger partial charge in [0.05, 0.1) is 23.5 Å². The number of thiazole rings is 1. The van der Waals surface area contributed by atoms with Gasteiger partial charge in [0.2, 0.25) is 10.0 Å². The molecule has 2 rings (SSSR count). The van der Waals surface area contributed by atoms with Gasteiger partial charge in [-0.05, 0) is 5.56 Å². The van der Waals surface area contributed by atoms with Crippen molar-refractivity contribution in [3.05, 3.63) is 52.0 Å². The molecular weight excluding hydrogens is 326 g/mol. The largest absolute Gasteiger partial charge is 0.389 e. The van der Waals surface area contributed by atoms with E-state index in [2.05, 4.69) is 4.98 Å². The Balaban J connectivity index is 2.19. The molecule has 112 valence electrons. The Bertz CT molecular complexity index is 727. The Labute approximate surface area is 133 Å². The zero-order chi connectivity index (χ0) is 15.5. The molecule has 21 heavy (non-hydrogen) atoms. The number of hydrogen-bond donors (Lipinski definition) is 1. The number of rotatable bonds is 6. The zero-order valence-electron chi connectivity index (χ0n) is 11.4. The molecule has 0 amide bonds. The van der Waals surface area contributed by atoms with E-state index in [-0.39, 0.29) is 17.3 Å². The average molecular weight is 341 g/mol. The van der Waals surface area contributed by atoms with E-state index in [0.717, 1.165) is 5.69 Å². The zero-order valence-corrected chi connectivity index (χ0v) is 13.8. The van der Waals surface area contributed by atoms with E-state index in [0.29, 0.717) is 11.1 Å². The van der Waals surface area contributed by atoms with E-state index in [1.54, 1.807) is 29.8 Å². The first kappa shape index (κ1) is 16.0. The van der Waals surface area contributed by atoms with Crippen molar-refractivity contribution in [1.82, 2.24) is 9.29 Å². The van der Waals surface area contributed by atoms with Crippen molar-refractivity contribution < 1.29 is 8.42 Å². The fourth-order valence-electron chi connectivity index (χ4n) is 1.84. The molecule has 0 aliphatic heterocycles. The molecular formula is C13H15N3O2S3. The van der Waals surface area contributed by atoms with Crippen LogP contribution in [0.15, 0.2) is 35.2 Å². The molecule has 1 heterocycles. The summed E-state index contributed by atoms with van der Waals surface area (Å²) in [7, 11) is -1.92. The topological polar surface area (TPSA) is 76.3 Å². The Hall–Kier alpha value is -1.35. The first-order chi connectivity index (χ1) is 9.90. The van der Waals surface area contributed by atoms with Crippen LogP contribution in [0.25, 0.3) is 0 Å². The van der Waals surface area contributed by atoms with Gasteiger partial charge in [-0.3, -0.25) is 0 Å². The summed E-state index contributed by atoms with van der Waals surface area (Å²) in [6.45, 7) is 0.251. The summed E-state index contributed by atoms with van der Waals surface area (Å²) >= 11 is 6.39. The number of nitrogens with two attached hydrogens (primary N) is 1. The van der Waals surface area contributed by atoms with E-state index < -0.39 is 10.0 Å². The number of hydrogen-bond acceptors (Lipinski definition) is 5. The van der Waals surface area contributed by atoms with Gasteiger partial charge in [0.1, 0.15) is 4.99 Å². The maximum atomic E-state index is 12.4. The lowest BCUT2D eigenvalue weighted by molar-refractivity contribution is 0.462. The molecule has 0 saturated heterocycles. The highest BCUT2D eigenvalue weighted by atomic mass is 32.2. The molecule has 0 fully saturated rings. The van der Waals surface area contributed by atoms with Gasteiger partial charge in [0, 0.05) is 18.0 Å². The molecule has 0 spiro atoms. The van der Waals surface area contributed by atoms with Gasteiger partial charge in [-0.2, -0.15) is 4.31 Å². The third kappa shape index (κ3) is 4.07. The van der Waals surface area contributed by atoms with Gasteiger partial charge in [-0.25, -0.2) is 13.4 Å². The fourth-order valence-corrected chi connectivity index (χ4v) is 3.78. The number of aromatic nitrogens is 1. The first-order valence-corrected chi connectivity index (χ1v) is 9.05. The number of thiocarbonyl (C=S) groups is 1. The van der Waals surface area contributed by atoms with Crippen molar-refractivity contribution in [1.29, 1.82) is 0 Å². The second-order valence-electron chi connectivity index (χ2n) is 4.51. The highest BCUT2D eigenvalue weighted by molar-refractivity contribution is 7.88. The van der Waals surface area contributed by atoms with Gasteiger partial charge in [0.15, 0.2) is 0 Å². The van der Waals surface area contributed by atoms with Crippen molar-refractivity contribution >= 4 is 38.6 Å². The van der Waals surface area contributed by atoms with E-state index in [9.17, 15) is 8.42 Å². The fraction of sp³-hybridized carbons (Fsp3) is 0.231. The normalized spacial score (nSPS) is 11.7. The lowest BCUT2D eigenvalue weighted by Crippen LogP contribution is -2.28. The first-order valence-electron chi connectivity index (χ1n) is 6.09. The Morgan fingerprint density at radius 3 is 2.76 bits per heavy atom. The summed E-state index contributed by atoms with van der Waals surface area (Å²) in [5, 5.41) is 1.83. The Kier molecular flexibility index (Phi) is 5.04. The standard InChI is InChI=1S/C13H15N3O2S3/c1-16(6-11-7-20-9-15-11)21(17,18)8-10-4-2-3-5-12(10)13(14)19/h2-5,7,9H,6,8H2,1H3,(H2,14,19). The van der Waals surface area contributed by atoms with Crippen LogP contribution in [0.2, 0.25) is 0 Å². The maximum absolute atomic E-state index is 12.4. The predicted octanol–water partition coefficient (Wildman–Crippen LogP) is 1.74. The van der Waals surface area contributed by atoms with Crippen LogP contribution >= 0.6 is 23.6 Å². The summed E-state index contributed by atoms with van der Waals surface area (Å²) < 4.78 is 26.1. The van der Waals surface area contributed by atoms with Crippen molar-refractivity contribution in [2.75, 3.05) is 7.05 Å². The lowest BCUT2D eigenvalue weighted by Gasteiger charge is -2.17. The van der Waals surface area contributed by atoms with Gasteiger partial charge in [0.25, 0.3) is 0 Å². The molecule has 0 atom stereocenters. The molecule has 1 aromatic heterocycles. The SMILES string of the molecule is CN(Cc1cscn1)S(=O)(=O)Cc1ccccc1C(N)=S. The second-order valence-corrected chi connectivity index (χ2v) is 7.75. The molecule has 5 nitrogen and oxygen atoms in total. The van der Waals surface area contributed by atoms with E-state index >= 15 is 0 Å². The van der Waals surface area contributed by atoms with Gasteiger partial charge in [-0.15, -0.1) is 11.3 Å². The highest BCUT2D eigenvalue weighted by Gasteiger charge is 2.21. The summed E-state index contributed by atoms with van der Waals surface area (Å²) in [5.74, 6) is -0.138. The van der Waals surface area contributed by atoms with Crippen LogP contribution in [-0.2, 0) is 22.3 Å². The third-order valence-corrected chi connectivity index (χ3v) is 5.57. The van der Waals surface area contributed by atoms with Crippen molar-refractivity contribution in [2.24, 2.45) is 5.73 Å². The van der Waals surface area contributed by atoms with Gasteiger partial charge < -0.3 is 5.73 Å². The highest BCUT2D eigenvalue weighted by Crippen LogP contribution is 2.16. The Morgan fingerprint density at radius 1 is 1.43 bits per heavy atom. The quantitative estimate of drug-likeness (QED) is 0.810. The minimum Gasteiger partial charge on any atom is -0.389 e. The summed E-state index contributed by atoms with van der Waals surface area (Å²) in [4.78, 5) is 4.29. The molecule has 2 aromatic rings. The Morgan fingerprint density at radius 2 is 2.14 bits per heavy atom. The van der Waals surface area contributed by atoms with Crippen LogP contribution in [-0.4, -0.2) is 29.7 Å². The molecule has 0 aliphatic carbocycles. The molecule has 0 unspecified atom stereocenters. The van der Waals surface area contributed by atoms with Crippen LogP contribution < -0.4 is 5.73 Å². The van der Waals surface area contributed by atoms with Crippen LogP contribution in [0.3, 0.4) is 0 Å². The molecule has 0 radical (unpaired) electrons. The van der Waals surface area contributed by atoms with E-state index in [4.69, 9.17) is 18.0 Å². The van der Waals surface area contributed by atoms with Crippen molar-refractivity contribution in [2.45, 2.75) is 12.3 Å². The summed E-state index contributed by atoms with van der Waals surface area (Å²) in [6, 6.07) is 7.01. The van der Waals surface area contributed by atoms with Gasteiger partial charge >= 0.3 is 0 Å². The summed E-state index contributed by atoms with van der Waals surface area (Å²) in [5.41, 5.74) is 9.24. The molecule has 8 heteroatoms. The molecule has 0 aliphatic rings. The van der Waals surface area contributed by atoms with E-state index in [1.165, 1.54) is 22.7 Å². The van der Waals surface area contributed by atoms with Crippen molar-refractivity contribution in [3.8, 4) is 0 Å². The number of benzene rings is 1. The predicted molar refractivity (Wildman–Crippen MR) is 88.5 cm³/mol. The van der Waals surface area contributed by atoms with Crippen molar-refractivity contribution in [3.63, 3.8) is 0 Å². The minimum atomic E-state index is -3.46. The minimum absolute atomic E-state index is 0.138. The lowest BCUT2D eigenvalue weighted by atomic mass is 10.1. The van der Waals surface area contributed by atoms with Crippen LogP contribution in [0, 0.1) is 0 Å². The maximum Gasteiger partial charge on any atom is 0.218 e. The van der Waals surface area contributed by atoms with E-state index in [1.807, 2.05) is 5.38 Å².